The number of carbonyl (C=O) groups excluding carboxylic acids is 1. The topological polar surface area (TPSA) is 32.8 Å². The van der Waals surface area contributed by atoms with E-state index in [4.69, 9.17) is 4.74 Å². The average Bonchev–Trinajstić information content (AvgIpc) is 2.80. The van der Waals surface area contributed by atoms with Crippen molar-refractivity contribution in [3.05, 3.63) is 63.7 Å². The van der Waals surface area contributed by atoms with Crippen molar-refractivity contribution in [2.75, 3.05) is 38.2 Å². The molecule has 2 saturated heterocycles. The number of hydrogen-bond donors (Lipinski definition) is 0. The lowest BCUT2D eigenvalue weighted by molar-refractivity contribution is -0.147. The number of likely N-dealkylation sites (tertiary alicyclic amines) is 1. The number of benzene rings is 2. The van der Waals surface area contributed by atoms with Gasteiger partial charge in [0.2, 0.25) is 0 Å². The highest BCUT2D eigenvalue weighted by Crippen LogP contribution is 2.37. The van der Waals surface area contributed by atoms with Gasteiger partial charge in [0.25, 0.3) is 0 Å². The van der Waals surface area contributed by atoms with Crippen molar-refractivity contribution in [3.63, 3.8) is 0 Å². The second-order valence-corrected chi connectivity index (χ2v) is 9.94. The number of piperidine rings is 1. The van der Waals surface area contributed by atoms with Gasteiger partial charge in [-0.05, 0) is 86.0 Å². The van der Waals surface area contributed by atoms with Crippen molar-refractivity contribution in [2.45, 2.75) is 65.8 Å². The van der Waals surface area contributed by atoms with Gasteiger partial charge < -0.3 is 9.64 Å². The van der Waals surface area contributed by atoms with Gasteiger partial charge in [0, 0.05) is 31.2 Å². The number of aryl methyl sites for hydroxylation is 4. The molecule has 2 aliphatic rings. The first-order chi connectivity index (χ1) is 15.9. The monoisotopic (exact) mass is 448 g/mol. The number of nitrogens with zero attached hydrogens (tertiary/aromatic N) is 2. The van der Waals surface area contributed by atoms with Crippen molar-refractivity contribution in [2.24, 2.45) is 5.92 Å². The van der Waals surface area contributed by atoms with Crippen LogP contribution in [0, 0.1) is 19.8 Å². The minimum absolute atomic E-state index is 0.0477. The molecule has 2 fully saturated rings. The van der Waals surface area contributed by atoms with E-state index in [1.165, 1.54) is 46.2 Å². The predicted octanol–water partition coefficient (Wildman–Crippen LogP) is 5.42. The van der Waals surface area contributed by atoms with E-state index < -0.39 is 0 Å². The van der Waals surface area contributed by atoms with Crippen LogP contribution in [0.2, 0.25) is 0 Å². The molecular weight excluding hydrogens is 408 g/mol. The molecule has 2 aromatic rings. The summed E-state index contributed by atoms with van der Waals surface area (Å²) in [4.78, 5) is 16.9. The van der Waals surface area contributed by atoms with Crippen LogP contribution in [0.5, 0.6) is 0 Å². The van der Waals surface area contributed by atoms with Crippen LogP contribution >= 0.6 is 0 Å². The second-order valence-electron chi connectivity index (χ2n) is 9.94. The summed E-state index contributed by atoms with van der Waals surface area (Å²) in [5.74, 6) is 0.638. The summed E-state index contributed by atoms with van der Waals surface area (Å²) in [7, 11) is 1.50. The predicted molar refractivity (Wildman–Crippen MR) is 136 cm³/mol. The van der Waals surface area contributed by atoms with Gasteiger partial charge in [0.05, 0.1) is 13.0 Å². The Hall–Kier alpha value is -2.33. The van der Waals surface area contributed by atoms with Crippen LogP contribution in [-0.4, -0.2) is 44.2 Å². The van der Waals surface area contributed by atoms with Crippen molar-refractivity contribution < 1.29 is 9.53 Å². The molecule has 0 atom stereocenters. The van der Waals surface area contributed by atoms with Gasteiger partial charge in [-0.1, -0.05) is 44.2 Å². The van der Waals surface area contributed by atoms with Crippen LogP contribution in [-0.2, 0) is 28.9 Å². The molecule has 33 heavy (non-hydrogen) atoms. The Balaban J connectivity index is 1.41. The van der Waals surface area contributed by atoms with Gasteiger partial charge in [-0.25, -0.2) is 0 Å². The first-order valence-corrected chi connectivity index (χ1v) is 12.7. The summed E-state index contributed by atoms with van der Waals surface area (Å²) in [5, 5.41) is 0. The molecule has 0 N–H and O–H groups in total. The standard InChI is InChI=1S/C29H40N2O2/c1-6-22-9-8-10-23(7-2)28(22)31-17-26(18-31)25-15-20(3)27(21(4)16-25)19-30-13-11-24(12-14-30)29(32)33-5/h8-10,15-16,24,26H,6-7,11-14,17-19H2,1-5H3. The van der Waals surface area contributed by atoms with Crippen LogP contribution in [0.3, 0.4) is 0 Å². The maximum Gasteiger partial charge on any atom is 0.308 e. The van der Waals surface area contributed by atoms with E-state index in [1.54, 1.807) is 0 Å². The number of anilines is 1. The Labute approximate surface area is 199 Å². The fourth-order valence-electron chi connectivity index (χ4n) is 5.72. The third kappa shape index (κ3) is 4.96. The molecule has 0 aliphatic carbocycles. The number of para-hydroxylation sites is 1. The zero-order valence-electron chi connectivity index (χ0n) is 21.1. The highest BCUT2D eigenvalue weighted by atomic mass is 16.5. The van der Waals surface area contributed by atoms with Gasteiger partial charge in [0.1, 0.15) is 0 Å². The Morgan fingerprint density at radius 2 is 1.58 bits per heavy atom. The minimum atomic E-state index is -0.0477. The van der Waals surface area contributed by atoms with Gasteiger partial charge in [-0.15, -0.1) is 0 Å². The molecule has 0 saturated carbocycles. The van der Waals surface area contributed by atoms with Gasteiger partial charge in [0.15, 0.2) is 0 Å². The van der Waals surface area contributed by atoms with Crippen LogP contribution in [0.1, 0.15) is 66.0 Å². The molecule has 0 spiro atoms. The lowest BCUT2D eigenvalue weighted by Crippen LogP contribution is -2.46. The van der Waals surface area contributed by atoms with E-state index in [0.717, 1.165) is 58.4 Å². The van der Waals surface area contributed by atoms with Crippen LogP contribution < -0.4 is 4.90 Å². The normalized spacial score (nSPS) is 17.8. The van der Waals surface area contributed by atoms with E-state index >= 15 is 0 Å². The van der Waals surface area contributed by atoms with E-state index in [2.05, 4.69) is 67.8 Å². The van der Waals surface area contributed by atoms with Gasteiger partial charge in [-0.3, -0.25) is 9.69 Å². The molecule has 178 valence electrons. The fourth-order valence-corrected chi connectivity index (χ4v) is 5.72. The summed E-state index contributed by atoms with van der Waals surface area (Å²) >= 11 is 0. The zero-order valence-corrected chi connectivity index (χ0v) is 21.1. The summed E-state index contributed by atoms with van der Waals surface area (Å²) in [6, 6.07) is 11.6. The van der Waals surface area contributed by atoms with Crippen molar-refractivity contribution in [1.82, 2.24) is 4.90 Å². The van der Waals surface area contributed by atoms with E-state index in [1.807, 2.05) is 0 Å². The number of ether oxygens (including phenoxy) is 1. The van der Waals surface area contributed by atoms with Crippen LogP contribution in [0.15, 0.2) is 30.3 Å². The summed E-state index contributed by atoms with van der Waals surface area (Å²) in [5.41, 5.74) is 10.2. The molecule has 0 bridgehead atoms. The van der Waals surface area contributed by atoms with Crippen LogP contribution in [0.25, 0.3) is 0 Å². The molecule has 4 nitrogen and oxygen atoms in total. The third-order valence-corrected chi connectivity index (χ3v) is 7.86. The Kier molecular flexibility index (Phi) is 7.43. The smallest absolute Gasteiger partial charge is 0.308 e. The molecule has 2 heterocycles. The zero-order chi connectivity index (χ0) is 23.5. The summed E-state index contributed by atoms with van der Waals surface area (Å²) < 4.78 is 4.93. The van der Waals surface area contributed by atoms with Gasteiger partial charge >= 0.3 is 5.97 Å². The number of esters is 1. The maximum atomic E-state index is 11.8. The number of carbonyl (C=O) groups is 1. The molecule has 0 amide bonds. The Bertz CT molecular complexity index is 940. The molecule has 4 rings (SSSR count). The second kappa shape index (κ2) is 10.3. The largest absolute Gasteiger partial charge is 0.469 e. The number of hydrogen-bond acceptors (Lipinski definition) is 4. The fraction of sp³-hybridized carbons (Fsp3) is 0.552. The number of methoxy groups -OCH3 is 1. The summed E-state index contributed by atoms with van der Waals surface area (Å²) in [6.45, 7) is 14.2. The van der Waals surface area contributed by atoms with Crippen molar-refractivity contribution in [3.8, 4) is 0 Å². The molecular formula is C29H40N2O2. The lowest BCUT2D eigenvalue weighted by Gasteiger charge is -2.43. The van der Waals surface area contributed by atoms with E-state index in [9.17, 15) is 4.79 Å². The van der Waals surface area contributed by atoms with E-state index in [0.29, 0.717) is 5.92 Å². The highest BCUT2D eigenvalue weighted by Gasteiger charge is 2.31. The van der Waals surface area contributed by atoms with Crippen molar-refractivity contribution in [1.29, 1.82) is 0 Å². The quantitative estimate of drug-likeness (QED) is 0.530. The lowest BCUT2D eigenvalue weighted by atomic mass is 9.85. The molecule has 0 radical (unpaired) electrons. The Morgan fingerprint density at radius 3 is 2.09 bits per heavy atom. The van der Waals surface area contributed by atoms with E-state index in [-0.39, 0.29) is 11.9 Å². The van der Waals surface area contributed by atoms with Crippen molar-refractivity contribution >= 4 is 11.7 Å². The SMILES string of the molecule is CCc1cccc(CC)c1N1CC(c2cc(C)c(CN3CCC(C(=O)OC)CC3)c(C)c2)C1. The number of rotatable bonds is 7. The average molecular weight is 449 g/mol. The highest BCUT2D eigenvalue weighted by molar-refractivity contribution is 5.72. The third-order valence-electron chi connectivity index (χ3n) is 7.86. The minimum Gasteiger partial charge on any atom is -0.469 e. The first-order valence-electron chi connectivity index (χ1n) is 12.7. The Morgan fingerprint density at radius 1 is 1.00 bits per heavy atom. The van der Waals surface area contributed by atoms with Gasteiger partial charge in [-0.2, -0.15) is 0 Å². The molecule has 0 aromatic heterocycles. The molecule has 4 heteroatoms. The maximum absolute atomic E-state index is 11.8. The van der Waals surface area contributed by atoms with Crippen LogP contribution in [0.4, 0.5) is 5.69 Å². The molecule has 2 aromatic carbocycles. The molecule has 2 aliphatic heterocycles. The molecule has 0 unspecified atom stereocenters. The first kappa shape index (κ1) is 23.8. The summed E-state index contributed by atoms with van der Waals surface area (Å²) in [6.07, 6.45) is 3.99.